The molecule has 2 rings (SSSR count). The average molecular weight is 434 g/mol. The Labute approximate surface area is 167 Å². The van der Waals surface area contributed by atoms with Crippen molar-refractivity contribution in [3.05, 3.63) is 59.7 Å². The standard InChI is InChI=1S/C20H16F6O4/c1-28-14-4-2-3-13(9-14)16(7-8-27)17-10-15(29-11-19(21,22)23)5-6-18(17)30-12-20(24,25)26/h2-10H,11-12H2,1H3. The molecule has 0 fully saturated rings. The van der Waals surface area contributed by atoms with Gasteiger partial charge in [-0.1, -0.05) is 12.1 Å². The van der Waals surface area contributed by atoms with E-state index < -0.39 is 25.6 Å². The molecule has 4 nitrogen and oxygen atoms in total. The summed E-state index contributed by atoms with van der Waals surface area (Å²) in [4.78, 5) is 11.2. The lowest BCUT2D eigenvalue weighted by molar-refractivity contribution is -0.154. The molecule has 162 valence electrons. The summed E-state index contributed by atoms with van der Waals surface area (Å²) in [5.74, 6) is -0.157. The lowest BCUT2D eigenvalue weighted by Crippen LogP contribution is -2.20. The van der Waals surface area contributed by atoms with E-state index in [1.165, 1.54) is 13.2 Å². The van der Waals surface area contributed by atoms with E-state index in [1.807, 2.05) is 0 Å². The number of alkyl halides is 6. The van der Waals surface area contributed by atoms with Crippen LogP contribution >= 0.6 is 0 Å². The molecule has 0 aromatic heterocycles. The molecule has 0 aliphatic rings. The van der Waals surface area contributed by atoms with Crippen LogP contribution in [0.4, 0.5) is 26.3 Å². The number of hydrogen-bond donors (Lipinski definition) is 0. The van der Waals surface area contributed by atoms with Gasteiger partial charge in [0.1, 0.15) is 23.5 Å². The zero-order valence-electron chi connectivity index (χ0n) is 15.5. The van der Waals surface area contributed by atoms with Crippen molar-refractivity contribution in [1.82, 2.24) is 0 Å². The van der Waals surface area contributed by atoms with Crippen LogP contribution in [0.5, 0.6) is 17.2 Å². The highest BCUT2D eigenvalue weighted by Gasteiger charge is 2.30. The summed E-state index contributed by atoms with van der Waals surface area (Å²) >= 11 is 0. The van der Waals surface area contributed by atoms with Crippen molar-refractivity contribution in [1.29, 1.82) is 0 Å². The Balaban J connectivity index is 2.53. The molecule has 0 atom stereocenters. The monoisotopic (exact) mass is 434 g/mol. The molecule has 2 aromatic rings. The largest absolute Gasteiger partial charge is 0.497 e. The number of halogens is 6. The Hall–Kier alpha value is -3.17. The summed E-state index contributed by atoms with van der Waals surface area (Å²) < 4.78 is 89.8. The SMILES string of the molecule is COc1cccc(C(=CC=O)c2cc(OCC(F)(F)F)ccc2OCC(F)(F)F)c1. The van der Waals surface area contributed by atoms with Crippen LogP contribution in [0.3, 0.4) is 0 Å². The normalized spacial score (nSPS) is 12.4. The molecule has 0 N–H and O–H groups in total. The van der Waals surface area contributed by atoms with Crippen molar-refractivity contribution in [2.45, 2.75) is 12.4 Å². The Morgan fingerprint density at radius 3 is 2.17 bits per heavy atom. The van der Waals surface area contributed by atoms with Gasteiger partial charge in [0.05, 0.1) is 7.11 Å². The minimum absolute atomic E-state index is 0.0562. The van der Waals surface area contributed by atoms with Crippen LogP contribution in [0.25, 0.3) is 5.57 Å². The van der Waals surface area contributed by atoms with Crippen molar-refractivity contribution in [2.75, 3.05) is 20.3 Å². The fourth-order valence-electron chi connectivity index (χ4n) is 2.46. The van der Waals surface area contributed by atoms with Crippen LogP contribution in [0.2, 0.25) is 0 Å². The zero-order valence-corrected chi connectivity index (χ0v) is 15.5. The third-order valence-corrected chi connectivity index (χ3v) is 3.65. The third-order valence-electron chi connectivity index (χ3n) is 3.65. The zero-order chi connectivity index (χ0) is 22.4. The van der Waals surface area contributed by atoms with Crippen molar-refractivity contribution >= 4 is 11.9 Å². The summed E-state index contributed by atoms with van der Waals surface area (Å²) in [7, 11) is 1.39. The first-order valence-corrected chi connectivity index (χ1v) is 8.36. The Morgan fingerprint density at radius 2 is 1.57 bits per heavy atom. The van der Waals surface area contributed by atoms with Crippen LogP contribution in [0.15, 0.2) is 48.5 Å². The fourth-order valence-corrected chi connectivity index (χ4v) is 2.46. The van der Waals surface area contributed by atoms with Gasteiger partial charge in [-0.15, -0.1) is 0 Å². The van der Waals surface area contributed by atoms with Crippen LogP contribution in [0.1, 0.15) is 11.1 Å². The molecular weight excluding hydrogens is 418 g/mol. The smallest absolute Gasteiger partial charge is 0.422 e. The van der Waals surface area contributed by atoms with Gasteiger partial charge < -0.3 is 14.2 Å². The molecule has 0 aliphatic heterocycles. The topological polar surface area (TPSA) is 44.8 Å². The van der Waals surface area contributed by atoms with Gasteiger partial charge in [0.25, 0.3) is 0 Å². The molecule has 0 amide bonds. The van der Waals surface area contributed by atoms with Crippen LogP contribution in [-0.2, 0) is 4.79 Å². The van der Waals surface area contributed by atoms with Gasteiger partial charge in [0.15, 0.2) is 13.2 Å². The Kier molecular flexibility index (Phi) is 7.36. The van der Waals surface area contributed by atoms with Gasteiger partial charge in [-0.05, 0) is 47.5 Å². The molecule has 0 saturated heterocycles. The predicted molar refractivity (Wildman–Crippen MR) is 95.7 cm³/mol. The summed E-state index contributed by atoms with van der Waals surface area (Å²) in [6.45, 7) is -3.23. The van der Waals surface area contributed by atoms with Crippen LogP contribution in [0, 0.1) is 0 Å². The van der Waals surface area contributed by atoms with Gasteiger partial charge in [-0.2, -0.15) is 26.3 Å². The van der Waals surface area contributed by atoms with Gasteiger partial charge >= 0.3 is 12.4 Å². The number of ether oxygens (including phenoxy) is 3. The number of methoxy groups -OCH3 is 1. The first-order chi connectivity index (χ1) is 14.0. The molecule has 0 radical (unpaired) electrons. The third kappa shape index (κ3) is 7.02. The second kappa shape index (κ2) is 9.55. The number of carbonyl (C=O) groups is 1. The van der Waals surface area contributed by atoms with E-state index in [9.17, 15) is 31.1 Å². The Morgan fingerprint density at radius 1 is 0.900 bits per heavy atom. The van der Waals surface area contributed by atoms with E-state index in [0.29, 0.717) is 17.6 Å². The molecule has 0 spiro atoms. The van der Waals surface area contributed by atoms with E-state index in [2.05, 4.69) is 4.74 Å². The molecular formula is C20H16F6O4. The number of aldehydes is 1. The summed E-state index contributed by atoms with van der Waals surface area (Å²) in [6, 6.07) is 9.41. The van der Waals surface area contributed by atoms with E-state index in [0.717, 1.165) is 24.3 Å². The maximum atomic E-state index is 12.6. The maximum Gasteiger partial charge on any atom is 0.422 e. The Bertz CT molecular complexity index is 903. The van der Waals surface area contributed by atoms with Crippen LogP contribution in [-0.4, -0.2) is 39.0 Å². The second-order valence-electron chi connectivity index (χ2n) is 5.91. The highest BCUT2D eigenvalue weighted by atomic mass is 19.4. The first kappa shape index (κ1) is 23.1. The first-order valence-electron chi connectivity index (χ1n) is 8.36. The van der Waals surface area contributed by atoms with Gasteiger partial charge in [0, 0.05) is 5.56 Å². The van der Waals surface area contributed by atoms with Gasteiger partial charge in [0.2, 0.25) is 0 Å². The van der Waals surface area contributed by atoms with Crippen molar-refractivity contribution in [3.8, 4) is 17.2 Å². The van der Waals surface area contributed by atoms with Gasteiger partial charge in [-0.25, -0.2) is 0 Å². The highest BCUT2D eigenvalue weighted by molar-refractivity contribution is 5.92. The van der Waals surface area contributed by atoms with Crippen molar-refractivity contribution < 1.29 is 45.3 Å². The number of rotatable bonds is 8. The minimum Gasteiger partial charge on any atom is -0.497 e. The van der Waals surface area contributed by atoms with E-state index in [-0.39, 0.29) is 22.6 Å². The summed E-state index contributed by atoms with van der Waals surface area (Å²) in [6.07, 6.45) is -7.81. The highest BCUT2D eigenvalue weighted by Crippen LogP contribution is 2.36. The van der Waals surface area contributed by atoms with Crippen molar-refractivity contribution in [2.24, 2.45) is 0 Å². The van der Waals surface area contributed by atoms with E-state index in [1.54, 1.807) is 18.2 Å². The van der Waals surface area contributed by atoms with E-state index in [4.69, 9.17) is 9.47 Å². The molecule has 0 saturated carbocycles. The number of allylic oxidation sites excluding steroid dienone is 1. The average Bonchev–Trinajstić information content (AvgIpc) is 2.68. The minimum atomic E-state index is -4.65. The lowest BCUT2D eigenvalue weighted by Gasteiger charge is -2.18. The molecule has 2 aromatic carbocycles. The molecule has 30 heavy (non-hydrogen) atoms. The number of benzene rings is 2. The molecule has 0 bridgehead atoms. The van der Waals surface area contributed by atoms with Gasteiger partial charge in [-0.3, -0.25) is 4.79 Å². The quantitative estimate of drug-likeness (QED) is 0.325. The predicted octanol–water partition coefficient (Wildman–Crippen LogP) is 5.21. The molecule has 10 heteroatoms. The molecule has 0 aliphatic carbocycles. The molecule has 0 unspecified atom stereocenters. The van der Waals surface area contributed by atoms with Crippen molar-refractivity contribution in [3.63, 3.8) is 0 Å². The maximum absolute atomic E-state index is 12.6. The summed E-state index contributed by atoms with van der Waals surface area (Å²) in [5, 5.41) is 0. The summed E-state index contributed by atoms with van der Waals surface area (Å²) in [5.41, 5.74) is 0.420. The number of carbonyl (C=O) groups excluding carboxylic acids is 1. The van der Waals surface area contributed by atoms with Crippen LogP contribution < -0.4 is 14.2 Å². The number of hydrogen-bond acceptors (Lipinski definition) is 4. The van der Waals surface area contributed by atoms with E-state index >= 15 is 0 Å². The fraction of sp³-hybridized carbons (Fsp3) is 0.250. The second-order valence-corrected chi connectivity index (χ2v) is 5.91. The molecule has 0 heterocycles. The lowest BCUT2D eigenvalue weighted by atomic mass is 9.96.